The first kappa shape index (κ1) is 16.9. The zero-order chi connectivity index (χ0) is 17.1. The highest BCUT2D eigenvalue weighted by molar-refractivity contribution is 7.09. The molecule has 6 heteroatoms. The average Bonchev–Trinajstić information content (AvgIpc) is 3.15. The van der Waals surface area contributed by atoms with E-state index >= 15 is 0 Å². The van der Waals surface area contributed by atoms with Crippen molar-refractivity contribution in [2.75, 3.05) is 26.2 Å². The minimum Gasteiger partial charge on any atom is -0.337 e. The molecular weight excluding hydrogens is 320 g/mol. The topological polar surface area (TPSA) is 41.4 Å². The van der Waals surface area contributed by atoms with Crippen molar-refractivity contribution in [1.29, 1.82) is 0 Å². The van der Waals surface area contributed by atoms with Gasteiger partial charge >= 0.3 is 0 Å². The summed E-state index contributed by atoms with van der Waals surface area (Å²) >= 11 is 1.79. The highest BCUT2D eigenvalue weighted by Crippen LogP contribution is 2.15. The standard InChI is InChI=1S/C18H24N4OS/c1-14-17(15(2)20(3)19-14)6-7-18(23)22-10-8-21(9-11-22)13-16-5-4-12-24-16/h4-7,12H,8-11,13H2,1-3H3/b7-6+. The van der Waals surface area contributed by atoms with Crippen molar-refractivity contribution in [3.05, 3.63) is 45.4 Å². The maximum Gasteiger partial charge on any atom is 0.246 e. The van der Waals surface area contributed by atoms with Crippen molar-refractivity contribution in [1.82, 2.24) is 19.6 Å². The quantitative estimate of drug-likeness (QED) is 0.800. The van der Waals surface area contributed by atoms with Gasteiger partial charge in [0, 0.05) is 62.0 Å². The molecule has 0 radical (unpaired) electrons. The number of amides is 1. The van der Waals surface area contributed by atoms with Gasteiger partial charge < -0.3 is 4.90 Å². The number of carbonyl (C=O) groups is 1. The van der Waals surface area contributed by atoms with E-state index in [-0.39, 0.29) is 5.91 Å². The van der Waals surface area contributed by atoms with Crippen LogP contribution in [0.25, 0.3) is 6.08 Å². The van der Waals surface area contributed by atoms with Crippen LogP contribution in [0.2, 0.25) is 0 Å². The number of nitrogens with zero attached hydrogens (tertiary/aromatic N) is 4. The van der Waals surface area contributed by atoms with Gasteiger partial charge in [0.05, 0.1) is 5.69 Å². The molecule has 5 nitrogen and oxygen atoms in total. The molecule has 0 bridgehead atoms. The summed E-state index contributed by atoms with van der Waals surface area (Å²) in [5.74, 6) is 0.0911. The lowest BCUT2D eigenvalue weighted by atomic mass is 10.2. The SMILES string of the molecule is Cc1nn(C)c(C)c1/C=C/C(=O)N1CCN(Cc2cccs2)CC1. The first-order chi connectivity index (χ1) is 11.5. The lowest BCUT2D eigenvalue weighted by molar-refractivity contribution is -0.127. The number of thiophene rings is 1. The van der Waals surface area contributed by atoms with Crippen LogP contribution in [0.3, 0.4) is 0 Å². The van der Waals surface area contributed by atoms with Crippen molar-refractivity contribution >= 4 is 23.3 Å². The number of piperazine rings is 1. The molecule has 1 saturated heterocycles. The highest BCUT2D eigenvalue weighted by Gasteiger charge is 2.20. The highest BCUT2D eigenvalue weighted by atomic mass is 32.1. The Morgan fingerprint density at radius 2 is 2.04 bits per heavy atom. The Labute approximate surface area is 147 Å². The van der Waals surface area contributed by atoms with E-state index in [0.29, 0.717) is 0 Å². The molecular formula is C18H24N4OS. The van der Waals surface area contributed by atoms with Crippen LogP contribution in [0.4, 0.5) is 0 Å². The monoisotopic (exact) mass is 344 g/mol. The molecule has 3 heterocycles. The number of carbonyl (C=O) groups excluding carboxylic acids is 1. The largest absolute Gasteiger partial charge is 0.337 e. The molecule has 1 aliphatic heterocycles. The van der Waals surface area contributed by atoms with Gasteiger partial charge in [0.1, 0.15) is 0 Å². The summed E-state index contributed by atoms with van der Waals surface area (Å²) in [5.41, 5.74) is 3.08. The Kier molecular flexibility index (Phi) is 5.16. The predicted octanol–water partition coefficient (Wildman–Crippen LogP) is 2.46. The maximum atomic E-state index is 12.4. The summed E-state index contributed by atoms with van der Waals surface area (Å²) in [6, 6.07) is 4.26. The van der Waals surface area contributed by atoms with Gasteiger partial charge in [0.25, 0.3) is 0 Å². The van der Waals surface area contributed by atoms with Crippen LogP contribution >= 0.6 is 11.3 Å². The van der Waals surface area contributed by atoms with Crippen LogP contribution in [0.15, 0.2) is 23.6 Å². The van der Waals surface area contributed by atoms with Gasteiger partial charge in [-0.3, -0.25) is 14.4 Å². The molecule has 1 aliphatic rings. The molecule has 1 fully saturated rings. The third-order valence-corrected chi connectivity index (χ3v) is 5.46. The molecule has 0 saturated carbocycles. The van der Waals surface area contributed by atoms with Gasteiger partial charge in [0.15, 0.2) is 0 Å². The van der Waals surface area contributed by atoms with E-state index in [0.717, 1.165) is 49.7 Å². The van der Waals surface area contributed by atoms with Gasteiger partial charge in [-0.2, -0.15) is 5.10 Å². The van der Waals surface area contributed by atoms with E-state index in [9.17, 15) is 4.79 Å². The van der Waals surface area contributed by atoms with E-state index in [4.69, 9.17) is 0 Å². The van der Waals surface area contributed by atoms with Gasteiger partial charge in [-0.05, 0) is 31.4 Å². The minimum absolute atomic E-state index is 0.0911. The lowest BCUT2D eigenvalue weighted by Gasteiger charge is -2.33. The number of aromatic nitrogens is 2. The number of rotatable bonds is 4. The van der Waals surface area contributed by atoms with Crippen LogP contribution in [0.5, 0.6) is 0 Å². The van der Waals surface area contributed by atoms with E-state index in [1.165, 1.54) is 4.88 Å². The minimum atomic E-state index is 0.0911. The van der Waals surface area contributed by atoms with E-state index < -0.39 is 0 Å². The third kappa shape index (κ3) is 3.76. The van der Waals surface area contributed by atoms with Crippen molar-refractivity contribution in [2.45, 2.75) is 20.4 Å². The molecule has 0 spiro atoms. The molecule has 2 aromatic rings. The first-order valence-corrected chi connectivity index (χ1v) is 9.14. The fourth-order valence-corrected chi connectivity index (χ4v) is 3.79. The molecule has 3 rings (SSSR count). The fraction of sp³-hybridized carbons (Fsp3) is 0.444. The molecule has 128 valence electrons. The van der Waals surface area contributed by atoms with Crippen molar-refractivity contribution in [2.24, 2.45) is 7.05 Å². The molecule has 0 aliphatic carbocycles. The summed E-state index contributed by atoms with van der Waals surface area (Å²) in [5, 5.41) is 6.49. The van der Waals surface area contributed by atoms with E-state index in [1.807, 2.05) is 36.6 Å². The maximum absolute atomic E-state index is 12.4. The number of hydrogen-bond donors (Lipinski definition) is 0. The number of aryl methyl sites for hydroxylation is 2. The van der Waals surface area contributed by atoms with Gasteiger partial charge in [-0.1, -0.05) is 6.07 Å². The van der Waals surface area contributed by atoms with Gasteiger partial charge in [-0.25, -0.2) is 0 Å². The molecule has 0 unspecified atom stereocenters. The molecule has 1 amide bonds. The summed E-state index contributed by atoms with van der Waals surface area (Å²) in [6.45, 7) is 8.43. The van der Waals surface area contributed by atoms with Crippen LogP contribution in [-0.4, -0.2) is 51.7 Å². The zero-order valence-corrected chi connectivity index (χ0v) is 15.3. The van der Waals surface area contributed by atoms with Crippen LogP contribution in [0, 0.1) is 13.8 Å². The normalized spacial score (nSPS) is 16.2. The molecule has 0 aromatic carbocycles. The Hall–Kier alpha value is -1.92. The molecule has 0 atom stereocenters. The third-order valence-electron chi connectivity index (χ3n) is 4.60. The summed E-state index contributed by atoms with van der Waals surface area (Å²) < 4.78 is 1.85. The Bertz CT molecular complexity index is 725. The van der Waals surface area contributed by atoms with Crippen LogP contribution < -0.4 is 0 Å². The zero-order valence-electron chi connectivity index (χ0n) is 14.5. The average molecular weight is 344 g/mol. The molecule has 2 aromatic heterocycles. The summed E-state index contributed by atoms with van der Waals surface area (Å²) in [7, 11) is 1.92. The summed E-state index contributed by atoms with van der Waals surface area (Å²) in [6.07, 6.45) is 3.59. The second kappa shape index (κ2) is 7.32. The number of hydrogen-bond acceptors (Lipinski definition) is 4. The molecule has 0 N–H and O–H groups in total. The fourth-order valence-electron chi connectivity index (χ4n) is 3.04. The molecule has 24 heavy (non-hydrogen) atoms. The van der Waals surface area contributed by atoms with Crippen molar-refractivity contribution in [3.8, 4) is 0 Å². The lowest BCUT2D eigenvalue weighted by Crippen LogP contribution is -2.47. The summed E-state index contributed by atoms with van der Waals surface area (Å²) in [4.78, 5) is 18.2. The van der Waals surface area contributed by atoms with Gasteiger partial charge in [-0.15, -0.1) is 11.3 Å². The Balaban J connectivity index is 1.54. The van der Waals surface area contributed by atoms with Crippen molar-refractivity contribution in [3.63, 3.8) is 0 Å². The van der Waals surface area contributed by atoms with Crippen LogP contribution in [0.1, 0.15) is 21.8 Å². The van der Waals surface area contributed by atoms with Crippen LogP contribution in [-0.2, 0) is 18.4 Å². The van der Waals surface area contributed by atoms with E-state index in [1.54, 1.807) is 17.4 Å². The van der Waals surface area contributed by atoms with Crippen molar-refractivity contribution < 1.29 is 4.79 Å². The predicted molar refractivity (Wildman–Crippen MR) is 97.9 cm³/mol. The smallest absolute Gasteiger partial charge is 0.246 e. The Morgan fingerprint density at radius 3 is 2.62 bits per heavy atom. The van der Waals surface area contributed by atoms with E-state index in [2.05, 4.69) is 27.5 Å². The second-order valence-corrected chi connectivity index (χ2v) is 7.25. The van der Waals surface area contributed by atoms with Gasteiger partial charge in [0.2, 0.25) is 5.91 Å². The Morgan fingerprint density at radius 1 is 1.29 bits per heavy atom. The second-order valence-electron chi connectivity index (χ2n) is 6.22. The first-order valence-electron chi connectivity index (χ1n) is 8.26.